The van der Waals surface area contributed by atoms with Crippen LogP contribution in [0.1, 0.15) is 17.3 Å². The van der Waals surface area contributed by atoms with Crippen molar-refractivity contribution in [3.63, 3.8) is 0 Å². The molecule has 17 heavy (non-hydrogen) atoms. The molecule has 2 rings (SSSR count). The summed E-state index contributed by atoms with van der Waals surface area (Å²) in [5.74, 6) is -1.02. The third-order valence-electron chi connectivity index (χ3n) is 2.15. The number of ether oxygens (including phenoxy) is 1. The van der Waals surface area contributed by atoms with Gasteiger partial charge in [-0.25, -0.2) is 9.78 Å². The molecule has 0 saturated carbocycles. The molecule has 0 atom stereocenters. The molecule has 0 aliphatic heterocycles. The zero-order valence-corrected chi connectivity index (χ0v) is 9.73. The van der Waals surface area contributed by atoms with Crippen molar-refractivity contribution in [2.45, 2.75) is 6.92 Å². The van der Waals surface area contributed by atoms with Crippen molar-refractivity contribution in [1.29, 1.82) is 0 Å². The number of halogens is 1. The van der Waals surface area contributed by atoms with Crippen molar-refractivity contribution in [2.75, 3.05) is 6.61 Å². The molecule has 0 aromatic carbocycles. The van der Waals surface area contributed by atoms with Crippen LogP contribution in [0.2, 0.25) is 5.15 Å². The number of hydrogen-bond acceptors (Lipinski definition) is 5. The van der Waals surface area contributed by atoms with Gasteiger partial charge in [-0.2, -0.15) is 0 Å². The molecule has 0 aliphatic carbocycles. The Balaban J connectivity index is 2.67. The van der Waals surface area contributed by atoms with E-state index in [1.165, 1.54) is 6.20 Å². The van der Waals surface area contributed by atoms with Crippen LogP contribution in [0.3, 0.4) is 0 Å². The van der Waals surface area contributed by atoms with Crippen LogP contribution in [0, 0.1) is 0 Å². The molecule has 0 spiro atoms. The van der Waals surface area contributed by atoms with Crippen LogP contribution in [0.5, 0.6) is 5.75 Å². The molecule has 0 radical (unpaired) electrons. The summed E-state index contributed by atoms with van der Waals surface area (Å²) in [6.45, 7) is 1.85. The van der Waals surface area contributed by atoms with Crippen LogP contribution in [0.4, 0.5) is 0 Å². The maximum Gasteiger partial charge on any atom is 0.345 e. The van der Waals surface area contributed by atoms with E-state index in [9.17, 15) is 9.90 Å². The zero-order valence-electron chi connectivity index (χ0n) is 8.98. The Morgan fingerprint density at radius 3 is 3.06 bits per heavy atom. The van der Waals surface area contributed by atoms with Crippen LogP contribution in [-0.2, 0) is 4.74 Å². The quantitative estimate of drug-likeness (QED) is 0.655. The van der Waals surface area contributed by atoms with Crippen molar-refractivity contribution < 1.29 is 14.6 Å². The summed E-state index contributed by atoms with van der Waals surface area (Å²) in [6.07, 6.45) is 1.49. The maximum absolute atomic E-state index is 11.6. The molecule has 5 nitrogen and oxygen atoms in total. The number of pyridine rings is 2. The molecule has 0 amide bonds. The standard InChI is InChI=1S/C11H9ClN2O3/c1-2-17-11(16)7-9(15)8-6(14-10(7)12)4-3-5-13-8/h3-5H,2H2,1H3,(H,14,15). The van der Waals surface area contributed by atoms with Crippen molar-refractivity contribution in [2.24, 2.45) is 0 Å². The summed E-state index contributed by atoms with van der Waals surface area (Å²) >= 11 is 5.84. The van der Waals surface area contributed by atoms with E-state index in [2.05, 4.69) is 9.97 Å². The normalized spacial score (nSPS) is 10.5. The molecular formula is C11H9ClN2O3. The predicted octanol–water partition coefficient (Wildman–Crippen LogP) is 2.17. The molecule has 0 aliphatic rings. The highest BCUT2D eigenvalue weighted by Gasteiger charge is 2.21. The molecule has 2 heterocycles. The van der Waals surface area contributed by atoms with Gasteiger partial charge in [0.05, 0.1) is 12.1 Å². The highest BCUT2D eigenvalue weighted by molar-refractivity contribution is 6.33. The molecule has 0 fully saturated rings. The first-order valence-corrected chi connectivity index (χ1v) is 5.33. The van der Waals surface area contributed by atoms with E-state index in [-0.39, 0.29) is 28.6 Å². The van der Waals surface area contributed by atoms with Gasteiger partial charge in [0.15, 0.2) is 5.75 Å². The Labute approximate surface area is 102 Å². The number of nitrogens with zero attached hydrogens (tertiary/aromatic N) is 2. The number of esters is 1. The Hall–Kier alpha value is -1.88. The number of carbonyl (C=O) groups is 1. The molecule has 0 bridgehead atoms. The number of aromatic nitrogens is 2. The van der Waals surface area contributed by atoms with E-state index in [0.29, 0.717) is 5.52 Å². The SMILES string of the molecule is CCOC(=O)c1c(Cl)nc2cccnc2c1O. The second-order valence-electron chi connectivity index (χ2n) is 3.22. The first-order chi connectivity index (χ1) is 8.15. The van der Waals surface area contributed by atoms with Gasteiger partial charge < -0.3 is 9.84 Å². The second-order valence-corrected chi connectivity index (χ2v) is 3.58. The zero-order chi connectivity index (χ0) is 12.4. The van der Waals surface area contributed by atoms with Crippen molar-refractivity contribution in [3.05, 3.63) is 29.0 Å². The Morgan fingerprint density at radius 2 is 2.35 bits per heavy atom. The van der Waals surface area contributed by atoms with Crippen molar-refractivity contribution in [1.82, 2.24) is 9.97 Å². The molecular weight excluding hydrogens is 244 g/mol. The van der Waals surface area contributed by atoms with E-state index >= 15 is 0 Å². The van der Waals surface area contributed by atoms with Crippen molar-refractivity contribution in [3.8, 4) is 5.75 Å². The molecule has 0 unspecified atom stereocenters. The van der Waals surface area contributed by atoms with Gasteiger partial charge in [-0.05, 0) is 19.1 Å². The second kappa shape index (κ2) is 4.55. The summed E-state index contributed by atoms with van der Waals surface area (Å²) < 4.78 is 4.79. The molecule has 88 valence electrons. The molecule has 1 N–H and O–H groups in total. The molecule has 0 saturated heterocycles. The van der Waals surface area contributed by atoms with Crippen LogP contribution >= 0.6 is 11.6 Å². The average Bonchev–Trinajstić information content (AvgIpc) is 2.29. The lowest BCUT2D eigenvalue weighted by atomic mass is 10.2. The molecule has 2 aromatic heterocycles. The van der Waals surface area contributed by atoms with Crippen LogP contribution in [0.25, 0.3) is 11.0 Å². The van der Waals surface area contributed by atoms with Gasteiger partial charge in [-0.15, -0.1) is 0 Å². The van der Waals surface area contributed by atoms with E-state index in [1.807, 2.05) is 0 Å². The minimum atomic E-state index is -0.713. The van der Waals surface area contributed by atoms with Gasteiger partial charge in [0.1, 0.15) is 16.2 Å². The van der Waals surface area contributed by atoms with Crippen LogP contribution in [0.15, 0.2) is 18.3 Å². The lowest BCUT2D eigenvalue weighted by Crippen LogP contribution is -2.07. The first-order valence-electron chi connectivity index (χ1n) is 4.95. The topological polar surface area (TPSA) is 72.3 Å². The highest BCUT2D eigenvalue weighted by Crippen LogP contribution is 2.31. The van der Waals surface area contributed by atoms with Crippen LogP contribution < -0.4 is 0 Å². The van der Waals surface area contributed by atoms with Crippen LogP contribution in [-0.4, -0.2) is 27.7 Å². The van der Waals surface area contributed by atoms with E-state index < -0.39 is 5.97 Å². The number of hydrogen-bond donors (Lipinski definition) is 1. The van der Waals surface area contributed by atoms with E-state index in [4.69, 9.17) is 16.3 Å². The van der Waals surface area contributed by atoms with Gasteiger partial charge >= 0.3 is 5.97 Å². The number of fused-ring (bicyclic) bond motifs is 1. The summed E-state index contributed by atoms with van der Waals surface area (Å²) in [5, 5.41) is 9.84. The lowest BCUT2D eigenvalue weighted by molar-refractivity contribution is 0.0523. The lowest BCUT2D eigenvalue weighted by Gasteiger charge is -2.07. The third kappa shape index (κ3) is 2.01. The van der Waals surface area contributed by atoms with E-state index in [0.717, 1.165) is 0 Å². The summed E-state index contributed by atoms with van der Waals surface area (Å²) in [6, 6.07) is 3.30. The fourth-order valence-electron chi connectivity index (χ4n) is 1.43. The van der Waals surface area contributed by atoms with Gasteiger partial charge in [-0.3, -0.25) is 4.98 Å². The number of carbonyl (C=O) groups excluding carboxylic acids is 1. The highest BCUT2D eigenvalue weighted by atomic mass is 35.5. The van der Waals surface area contributed by atoms with E-state index in [1.54, 1.807) is 19.1 Å². The molecule has 6 heteroatoms. The van der Waals surface area contributed by atoms with Gasteiger partial charge in [0.2, 0.25) is 0 Å². The summed E-state index contributed by atoms with van der Waals surface area (Å²) in [4.78, 5) is 19.5. The van der Waals surface area contributed by atoms with Gasteiger partial charge in [-0.1, -0.05) is 11.6 Å². The summed E-state index contributed by atoms with van der Waals surface area (Å²) in [5.41, 5.74) is 0.489. The number of rotatable bonds is 2. The minimum Gasteiger partial charge on any atom is -0.505 e. The fraction of sp³-hybridized carbons (Fsp3) is 0.182. The number of aromatic hydroxyl groups is 1. The average molecular weight is 253 g/mol. The van der Waals surface area contributed by atoms with Crippen molar-refractivity contribution >= 4 is 28.6 Å². The minimum absolute atomic E-state index is 0.0959. The predicted molar refractivity (Wildman–Crippen MR) is 62.2 cm³/mol. The Morgan fingerprint density at radius 1 is 1.59 bits per heavy atom. The van der Waals surface area contributed by atoms with Gasteiger partial charge in [0.25, 0.3) is 0 Å². The smallest absolute Gasteiger partial charge is 0.345 e. The first kappa shape index (κ1) is 11.6. The molecule has 2 aromatic rings. The Kier molecular flexibility index (Phi) is 3.10. The summed E-state index contributed by atoms with van der Waals surface area (Å²) in [7, 11) is 0. The Bertz CT molecular complexity index is 586. The van der Waals surface area contributed by atoms with Gasteiger partial charge in [0, 0.05) is 6.20 Å². The largest absolute Gasteiger partial charge is 0.505 e. The third-order valence-corrected chi connectivity index (χ3v) is 2.43. The maximum atomic E-state index is 11.6. The fourth-order valence-corrected chi connectivity index (χ4v) is 1.69. The monoisotopic (exact) mass is 252 g/mol.